The summed E-state index contributed by atoms with van der Waals surface area (Å²) >= 11 is 0. The largest absolute Gasteiger partial charge is 0.368 e. The summed E-state index contributed by atoms with van der Waals surface area (Å²) in [5.74, 6) is -0.137. The van der Waals surface area contributed by atoms with E-state index in [1.54, 1.807) is 36.1 Å². The van der Waals surface area contributed by atoms with E-state index in [2.05, 4.69) is 15.1 Å². The number of H-pyrrole nitrogens is 1. The highest BCUT2D eigenvalue weighted by molar-refractivity contribution is 6.04. The van der Waals surface area contributed by atoms with Gasteiger partial charge in [0.15, 0.2) is 11.5 Å². The minimum atomic E-state index is -0.300. The van der Waals surface area contributed by atoms with E-state index in [1.807, 2.05) is 24.3 Å². The molecular formula is C21H20N4O3. The van der Waals surface area contributed by atoms with Crippen molar-refractivity contribution in [1.29, 1.82) is 0 Å². The zero-order valence-corrected chi connectivity index (χ0v) is 15.5. The van der Waals surface area contributed by atoms with Gasteiger partial charge in [0.05, 0.1) is 5.39 Å². The van der Waals surface area contributed by atoms with E-state index >= 15 is 0 Å². The summed E-state index contributed by atoms with van der Waals surface area (Å²) in [7, 11) is 0. The lowest BCUT2D eigenvalue weighted by Gasteiger charge is -2.36. The van der Waals surface area contributed by atoms with Gasteiger partial charge in [-0.25, -0.2) is 5.10 Å². The van der Waals surface area contributed by atoms with Crippen LogP contribution in [0.4, 0.5) is 5.69 Å². The molecule has 2 heterocycles. The second kappa shape index (κ2) is 7.26. The third kappa shape index (κ3) is 3.26. The number of aromatic amines is 1. The van der Waals surface area contributed by atoms with Gasteiger partial charge in [-0.2, -0.15) is 5.10 Å². The Hall–Kier alpha value is -3.48. The SMILES string of the molecule is CC(=O)c1ccc(N2CCN(C(=O)c3n[nH]c(=O)c4ccccc34)CC2)cc1. The maximum atomic E-state index is 13.0. The molecule has 3 aromatic rings. The maximum absolute atomic E-state index is 13.0. The second-order valence-electron chi connectivity index (χ2n) is 6.83. The minimum Gasteiger partial charge on any atom is -0.368 e. The zero-order chi connectivity index (χ0) is 19.7. The second-order valence-corrected chi connectivity index (χ2v) is 6.83. The fourth-order valence-corrected chi connectivity index (χ4v) is 3.50. The van der Waals surface area contributed by atoms with E-state index in [4.69, 9.17) is 0 Å². The fraction of sp³-hybridized carbons (Fsp3) is 0.238. The summed E-state index contributed by atoms with van der Waals surface area (Å²) in [5, 5.41) is 7.46. The summed E-state index contributed by atoms with van der Waals surface area (Å²) in [6.07, 6.45) is 0. The van der Waals surface area contributed by atoms with Gasteiger partial charge < -0.3 is 9.80 Å². The number of hydrogen-bond donors (Lipinski definition) is 1. The van der Waals surface area contributed by atoms with Crippen LogP contribution in [-0.2, 0) is 0 Å². The summed E-state index contributed by atoms with van der Waals surface area (Å²) in [6, 6.07) is 14.5. The Balaban J connectivity index is 1.50. The quantitative estimate of drug-likeness (QED) is 0.708. The Morgan fingerprint density at radius 2 is 1.57 bits per heavy atom. The number of carbonyl (C=O) groups excluding carboxylic acids is 2. The molecule has 1 saturated heterocycles. The molecule has 7 heteroatoms. The van der Waals surface area contributed by atoms with E-state index in [0.717, 1.165) is 5.69 Å². The number of hydrogen-bond acceptors (Lipinski definition) is 5. The Morgan fingerprint density at radius 3 is 2.21 bits per heavy atom. The standard InChI is InChI=1S/C21H20N4O3/c1-14(26)15-6-8-16(9-7-15)24-10-12-25(13-11-24)21(28)19-17-4-2-3-5-18(17)20(27)23-22-19/h2-9H,10-13H2,1H3,(H,23,27). The van der Waals surface area contributed by atoms with Gasteiger partial charge in [0.1, 0.15) is 0 Å². The lowest BCUT2D eigenvalue weighted by molar-refractivity contribution is 0.0741. The van der Waals surface area contributed by atoms with Crippen molar-refractivity contribution in [3.05, 3.63) is 70.1 Å². The molecule has 0 spiro atoms. The van der Waals surface area contributed by atoms with Crippen LogP contribution in [0, 0.1) is 0 Å². The predicted molar refractivity (Wildman–Crippen MR) is 107 cm³/mol. The Labute approximate surface area is 161 Å². The van der Waals surface area contributed by atoms with Crippen molar-refractivity contribution in [3.8, 4) is 0 Å². The van der Waals surface area contributed by atoms with Crippen LogP contribution in [-0.4, -0.2) is 53.0 Å². The number of nitrogens with zero attached hydrogens (tertiary/aromatic N) is 3. The number of carbonyl (C=O) groups is 2. The first-order valence-corrected chi connectivity index (χ1v) is 9.17. The normalized spacial score (nSPS) is 14.3. The number of nitrogens with one attached hydrogen (secondary N) is 1. The van der Waals surface area contributed by atoms with Gasteiger partial charge in [-0.15, -0.1) is 0 Å². The first-order valence-electron chi connectivity index (χ1n) is 9.17. The van der Waals surface area contributed by atoms with Gasteiger partial charge in [-0.3, -0.25) is 14.4 Å². The molecule has 1 aliphatic rings. The molecule has 1 amide bonds. The molecule has 1 fully saturated rings. The molecule has 1 aromatic heterocycles. The van der Waals surface area contributed by atoms with E-state index in [-0.39, 0.29) is 22.9 Å². The summed E-state index contributed by atoms with van der Waals surface area (Å²) in [5.41, 5.74) is 1.69. The van der Waals surface area contributed by atoms with Crippen molar-refractivity contribution in [2.24, 2.45) is 0 Å². The lowest BCUT2D eigenvalue weighted by Crippen LogP contribution is -2.49. The number of amides is 1. The fourth-order valence-electron chi connectivity index (χ4n) is 3.50. The summed E-state index contributed by atoms with van der Waals surface area (Å²) < 4.78 is 0. The van der Waals surface area contributed by atoms with Gasteiger partial charge in [0.25, 0.3) is 11.5 Å². The van der Waals surface area contributed by atoms with Crippen LogP contribution in [0.5, 0.6) is 0 Å². The number of fused-ring (bicyclic) bond motifs is 1. The average Bonchev–Trinajstić information content (AvgIpc) is 2.74. The van der Waals surface area contributed by atoms with E-state index < -0.39 is 0 Å². The van der Waals surface area contributed by atoms with Crippen molar-refractivity contribution in [3.63, 3.8) is 0 Å². The number of rotatable bonds is 3. The third-order valence-electron chi connectivity index (χ3n) is 5.10. The molecular weight excluding hydrogens is 356 g/mol. The van der Waals surface area contributed by atoms with Crippen LogP contribution >= 0.6 is 0 Å². The molecule has 0 radical (unpaired) electrons. The Morgan fingerprint density at radius 1 is 0.929 bits per heavy atom. The highest BCUT2D eigenvalue weighted by Crippen LogP contribution is 2.20. The van der Waals surface area contributed by atoms with Crippen LogP contribution in [0.2, 0.25) is 0 Å². The van der Waals surface area contributed by atoms with Gasteiger partial charge in [-0.1, -0.05) is 18.2 Å². The molecule has 0 atom stereocenters. The van der Waals surface area contributed by atoms with Crippen molar-refractivity contribution >= 4 is 28.2 Å². The van der Waals surface area contributed by atoms with Crippen LogP contribution < -0.4 is 10.5 Å². The zero-order valence-electron chi connectivity index (χ0n) is 15.5. The molecule has 0 aliphatic carbocycles. The molecule has 1 aliphatic heterocycles. The van der Waals surface area contributed by atoms with Gasteiger partial charge in [0, 0.05) is 42.8 Å². The van der Waals surface area contributed by atoms with E-state index in [9.17, 15) is 14.4 Å². The van der Waals surface area contributed by atoms with E-state index in [0.29, 0.717) is 42.5 Å². The Kier molecular flexibility index (Phi) is 4.65. The topological polar surface area (TPSA) is 86.4 Å². The van der Waals surface area contributed by atoms with Crippen LogP contribution in [0.15, 0.2) is 53.3 Å². The maximum Gasteiger partial charge on any atom is 0.275 e. The number of ketones is 1. The summed E-state index contributed by atoms with van der Waals surface area (Å²) in [4.78, 5) is 40.3. The molecule has 4 rings (SSSR count). The van der Waals surface area contributed by atoms with Crippen LogP contribution in [0.3, 0.4) is 0 Å². The first kappa shape index (κ1) is 17.9. The van der Waals surface area contributed by atoms with Gasteiger partial charge >= 0.3 is 0 Å². The predicted octanol–water partition coefficient (Wildman–Crippen LogP) is 2.09. The van der Waals surface area contributed by atoms with Crippen molar-refractivity contribution in [1.82, 2.24) is 15.1 Å². The number of piperazine rings is 1. The molecule has 1 N–H and O–H groups in total. The van der Waals surface area contributed by atoms with Crippen molar-refractivity contribution in [2.45, 2.75) is 6.92 Å². The lowest BCUT2D eigenvalue weighted by atomic mass is 10.1. The Bertz CT molecular complexity index is 1100. The van der Waals surface area contributed by atoms with E-state index in [1.165, 1.54) is 0 Å². The van der Waals surface area contributed by atoms with Crippen LogP contribution in [0.25, 0.3) is 10.8 Å². The molecule has 142 valence electrons. The summed E-state index contributed by atoms with van der Waals surface area (Å²) in [6.45, 7) is 4.04. The molecule has 7 nitrogen and oxygen atoms in total. The molecule has 0 bridgehead atoms. The van der Waals surface area contributed by atoms with Crippen LogP contribution in [0.1, 0.15) is 27.8 Å². The van der Waals surface area contributed by atoms with Crippen molar-refractivity contribution in [2.75, 3.05) is 31.1 Å². The minimum absolute atomic E-state index is 0.0441. The third-order valence-corrected chi connectivity index (χ3v) is 5.10. The number of Topliss-reactive ketones (excluding diaryl/α,β-unsaturated/α-hetero) is 1. The molecule has 0 saturated carbocycles. The molecule has 28 heavy (non-hydrogen) atoms. The molecule has 0 unspecified atom stereocenters. The van der Waals surface area contributed by atoms with Gasteiger partial charge in [0.2, 0.25) is 0 Å². The molecule has 2 aromatic carbocycles. The monoisotopic (exact) mass is 376 g/mol. The number of anilines is 1. The smallest absolute Gasteiger partial charge is 0.275 e. The van der Waals surface area contributed by atoms with Gasteiger partial charge in [-0.05, 0) is 37.3 Å². The first-order chi connectivity index (χ1) is 13.5. The highest BCUT2D eigenvalue weighted by atomic mass is 16.2. The average molecular weight is 376 g/mol. The highest BCUT2D eigenvalue weighted by Gasteiger charge is 2.25. The van der Waals surface area contributed by atoms with Crippen molar-refractivity contribution < 1.29 is 9.59 Å². The number of aromatic nitrogens is 2. The number of benzene rings is 2.